The lowest BCUT2D eigenvalue weighted by molar-refractivity contribution is -0.142. The molecular weight excluding hydrogens is 230 g/mol. The van der Waals surface area contributed by atoms with Gasteiger partial charge in [0, 0.05) is 13.5 Å². The number of nitrogens with one attached hydrogen (secondary N) is 1. The Bertz CT molecular complexity index is 199. The Hall–Kier alpha value is -1.18. The van der Waals surface area contributed by atoms with E-state index in [0.29, 0.717) is 33.0 Å². The summed E-state index contributed by atoms with van der Waals surface area (Å²) in [6.07, 6.45) is 0. The standard InChI is InChI=1S/C10H19NO6/c1-9(12)11-2-3-15-4-5-16-6-7-17-8-10(13)14/h2-8H2,1H3,(H,11,12)(H,13,14). The van der Waals surface area contributed by atoms with Crippen molar-refractivity contribution in [1.29, 1.82) is 0 Å². The molecule has 0 saturated carbocycles. The average molecular weight is 249 g/mol. The van der Waals surface area contributed by atoms with Gasteiger partial charge >= 0.3 is 5.97 Å². The summed E-state index contributed by atoms with van der Waals surface area (Å²) in [4.78, 5) is 20.5. The van der Waals surface area contributed by atoms with Crippen molar-refractivity contribution in [1.82, 2.24) is 5.32 Å². The molecule has 17 heavy (non-hydrogen) atoms. The number of carbonyl (C=O) groups excluding carboxylic acids is 1. The van der Waals surface area contributed by atoms with Crippen LogP contribution in [0.3, 0.4) is 0 Å². The highest BCUT2D eigenvalue weighted by Gasteiger charge is 1.96. The van der Waals surface area contributed by atoms with E-state index in [1.807, 2.05) is 0 Å². The third kappa shape index (κ3) is 14.8. The van der Waals surface area contributed by atoms with Crippen LogP contribution in [-0.2, 0) is 23.8 Å². The third-order valence-corrected chi connectivity index (χ3v) is 1.59. The van der Waals surface area contributed by atoms with Gasteiger partial charge in [-0.2, -0.15) is 0 Å². The van der Waals surface area contributed by atoms with E-state index in [2.05, 4.69) is 5.32 Å². The smallest absolute Gasteiger partial charge is 0.329 e. The SMILES string of the molecule is CC(=O)NCCOCCOCCOCC(=O)O. The molecule has 7 heteroatoms. The number of ether oxygens (including phenoxy) is 3. The second-order valence-electron chi connectivity index (χ2n) is 3.15. The van der Waals surface area contributed by atoms with Crippen LogP contribution in [0.2, 0.25) is 0 Å². The molecule has 7 nitrogen and oxygen atoms in total. The molecule has 0 aromatic rings. The molecule has 0 aromatic heterocycles. The van der Waals surface area contributed by atoms with Crippen LogP contribution in [0.4, 0.5) is 0 Å². The molecule has 0 unspecified atom stereocenters. The van der Waals surface area contributed by atoms with Crippen LogP contribution in [0, 0.1) is 0 Å². The van der Waals surface area contributed by atoms with E-state index in [0.717, 1.165) is 0 Å². The first-order valence-corrected chi connectivity index (χ1v) is 5.32. The van der Waals surface area contributed by atoms with Crippen LogP contribution in [0.15, 0.2) is 0 Å². The lowest BCUT2D eigenvalue weighted by Gasteiger charge is -2.06. The minimum Gasteiger partial charge on any atom is -0.480 e. The van der Waals surface area contributed by atoms with E-state index >= 15 is 0 Å². The fourth-order valence-electron chi connectivity index (χ4n) is 0.899. The van der Waals surface area contributed by atoms with Gasteiger partial charge in [-0.25, -0.2) is 4.79 Å². The summed E-state index contributed by atoms with van der Waals surface area (Å²) in [6.45, 7) is 3.49. The average Bonchev–Trinajstić information content (AvgIpc) is 2.25. The van der Waals surface area contributed by atoms with E-state index in [1.54, 1.807) is 0 Å². The molecule has 2 N–H and O–H groups in total. The molecule has 0 aliphatic carbocycles. The maximum absolute atomic E-state index is 10.5. The second-order valence-corrected chi connectivity index (χ2v) is 3.15. The van der Waals surface area contributed by atoms with Crippen LogP contribution in [0.25, 0.3) is 0 Å². The molecule has 0 aliphatic heterocycles. The van der Waals surface area contributed by atoms with Gasteiger partial charge in [0.05, 0.1) is 33.0 Å². The summed E-state index contributed by atoms with van der Waals surface area (Å²) < 4.78 is 15.0. The Morgan fingerprint density at radius 3 is 2.06 bits per heavy atom. The highest BCUT2D eigenvalue weighted by molar-refractivity contribution is 5.72. The maximum atomic E-state index is 10.5. The van der Waals surface area contributed by atoms with E-state index in [-0.39, 0.29) is 19.1 Å². The molecule has 0 atom stereocenters. The number of aliphatic carboxylic acids is 1. The fourth-order valence-corrected chi connectivity index (χ4v) is 0.899. The fraction of sp³-hybridized carbons (Fsp3) is 0.800. The minimum atomic E-state index is -0.994. The predicted octanol–water partition coefficient (Wildman–Crippen LogP) is -0.743. The molecule has 0 bridgehead atoms. The second kappa shape index (κ2) is 11.3. The van der Waals surface area contributed by atoms with Crippen molar-refractivity contribution in [2.45, 2.75) is 6.92 Å². The van der Waals surface area contributed by atoms with Gasteiger partial charge in [0.1, 0.15) is 6.61 Å². The van der Waals surface area contributed by atoms with E-state index in [4.69, 9.17) is 19.3 Å². The zero-order valence-corrected chi connectivity index (χ0v) is 9.94. The highest BCUT2D eigenvalue weighted by atomic mass is 16.5. The predicted molar refractivity (Wildman–Crippen MR) is 58.8 cm³/mol. The molecule has 0 saturated heterocycles. The zero-order valence-electron chi connectivity index (χ0n) is 9.94. The van der Waals surface area contributed by atoms with Gasteiger partial charge in [-0.15, -0.1) is 0 Å². The van der Waals surface area contributed by atoms with Gasteiger partial charge < -0.3 is 24.6 Å². The summed E-state index contributed by atoms with van der Waals surface area (Å²) in [6, 6.07) is 0. The Kier molecular flexibility index (Phi) is 10.5. The first-order valence-electron chi connectivity index (χ1n) is 5.32. The Labute approximate surface area is 100 Å². The van der Waals surface area contributed by atoms with Crippen molar-refractivity contribution in [3.8, 4) is 0 Å². The largest absolute Gasteiger partial charge is 0.480 e. The summed E-state index contributed by atoms with van der Waals surface area (Å²) in [5.74, 6) is -1.08. The van der Waals surface area contributed by atoms with Crippen molar-refractivity contribution >= 4 is 11.9 Å². The van der Waals surface area contributed by atoms with Crippen molar-refractivity contribution in [3.05, 3.63) is 0 Å². The van der Waals surface area contributed by atoms with Crippen molar-refractivity contribution in [2.75, 3.05) is 46.2 Å². The van der Waals surface area contributed by atoms with Crippen LogP contribution in [-0.4, -0.2) is 63.2 Å². The number of hydrogen-bond donors (Lipinski definition) is 2. The summed E-state index contributed by atoms with van der Waals surface area (Å²) in [5.41, 5.74) is 0. The Morgan fingerprint density at radius 2 is 1.53 bits per heavy atom. The van der Waals surface area contributed by atoms with Crippen LogP contribution < -0.4 is 5.32 Å². The van der Waals surface area contributed by atoms with Crippen molar-refractivity contribution < 1.29 is 28.9 Å². The number of hydrogen-bond acceptors (Lipinski definition) is 5. The van der Waals surface area contributed by atoms with Crippen molar-refractivity contribution in [2.24, 2.45) is 0 Å². The molecule has 0 heterocycles. The monoisotopic (exact) mass is 249 g/mol. The third-order valence-electron chi connectivity index (χ3n) is 1.59. The van der Waals surface area contributed by atoms with Gasteiger partial charge in [-0.05, 0) is 0 Å². The number of amides is 1. The molecule has 0 spiro atoms. The summed E-state index contributed by atoms with van der Waals surface area (Å²) in [5, 5.41) is 10.9. The van der Waals surface area contributed by atoms with E-state index in [9.17, 15) is 9.59 Å². The maximum Gasteiger partial charge on any atom is 0.329 e. The first-order chi connectivity index (χ1) is 8.13. The Balaban J connectivity index is 2.98. The van der Waals surface area contributed by atoms with Gasteiger partial charge in [-0.3, -0.25) is 4.79 Å². The van der Waals surface area contributed by atoms with Crippen LogP contribution in [0.1, 0.15) is 6.92 Å². The quantitative estimate of drug-likeness (QED) is 0.468. The number of carboxylic acid groups (broad SMARTS) is 1. The molecule has 0 fully saturated rings. The molecule has 100 valence electrons. The Morgan fingerprint density at radius 1 is 1.00 bits per heavy atom. The highest BCUT2D eigenvalue weighted by Crippen LogP contribution is 1.81. The van der Waals surface area contributed by atoms with Crippen LogP contribution >= 0.6 is 0 Å². The molecular formula is C10H19NO6. The van der Waals surface area contributed by atoms with Gasteiger partial charge in [0.15, 0.2) is 0 Å². The molecule has 0 aliphatic rings. The van der Waals surface area contributed by atoms with Crippen molar-refractivity contribution in [3.63, 3.8) is 0 Å². The lowest BCUT2D eigenvalue weighted by Crippen LogP contribution is -2.25. The van der Waals surface area contributed by atoms with Gasteiger partial charge in [0.25, 0.3) is 0 Å². The molecule has 0 radical (unpaired) electrons. The van der Waals surface area contributed by atoms with Gasteiger partial charge in [-0.1, -0.05) is 0 Å². The summed E-state index contributed by atoms with van der Waals surface area (Å²) in [7, 11) is 0. The molecule has 0 rings (SSSR count). The number of carbonyl (C=O) groups is 2. The normalized spacial score (nSPS) is 10.2. The molecule has 1 amide bonds. The zero-order chi connectivity index (χ0) is 12.9. The van der Waals surface area contributed by atoms with Gasteiger partial charge in [0.2, 0.25) is 5.91 Å². The topological polar surface area (TPSA) is 94.1 Å². The number of carboxylic acids is 1. The lowest BCUT2D eigenvalue weighted by atomic mass is 10.6. The van der Waals surface area contributed by atoms with Crippen LogP contribution in [0.5, 0.6) is 0 Å². The first kappa shape index (κ1) is 15.8. The minimum absolute atomic E-state index is 0.0829. The number of rotatable bonds is 11. The van der Waals surface area contributed by atoms with E-state index in [1.165, 1.54) is 6.92 Å². The molecule has 0 aromatic carbocycles. The summed E-state index contributed by atoms with van der Waals surface area (Å²) >= 11 is 0. The van der Waals surface area contributed by atoms with E-state index < -0.39 is 5.97 Å².